The number of hydrogen-bond donors (Lipinski definition) is 1. The molecule has 2 atom stereocenters. The number of thiazole rings is 1. The molecule has 0 spiro atoms. The number of rotatable bonds is 2. The normalized spacial score (nSPS) is 31.7. The molecule has 3 saturated heterocycles. The molecule has 3 aliphatic rings. The van der Waals surface area contributed by atoms with Crippen molar-refractivity contribution in [1.29, 1.82) is 0 Å². The molecule has 0 aliphatic carbocycles. The molecule has 1 aromatic heterocycles. The highest BCUT2D eigenvalue weighted by atomic mass is 32.1. The average molecular weight is 223 g/mol. The summed E-state index contributed by atoms with van der Waals surface area (Å²) < 4.78 is 0. The minimum atomic E-state index is 0.743. The van der Waals surface area contributed by atoms with Gasteiger partial charge in [-0.15, -0.1) is 11.3 Å². The Morgan fingerprint density at radius 1 is 1.47 bits per heavy atom. The zero-order valence-corrected chi connectivity index (χ0v) is 9.67. The molecule has 1 aromatic rings. The van der Waals surface area contributed by atoms with Gasteiger partial charge in [-0.3, -0.25) is 4.90 Å². The predicted octanol–water partition coefficient (Wildman–Crippen LogP) is 1.47. The fourth-order valence-electron chi connectivity index (χ4n) is 2.68. The van der Waals surface area contributed by atoms with Crippen molar-refractivity contribution in [2.45, 2.75) is 37.9 Å². The zero-order chi connectivity index (χ0) is 10.1. The highest BCUT2D eigenvalue weighted by Crippen LogP contribution is 2.23. The van der Waals surface area contributed by atoms with E-state index in [1.54, 1.807) is 11.3 Å². The van der Waals surface area contributed by atoms with Crippen LogP contribution in [-0.2, 0) is 6.54 Å². The van der Waals surface area contributed by atoms with Gasteiger partial charge in [0.2, 0.25) is 0 Å². The van der Waals surface area contributed by atoms with Crippen LogP contribution < -0.4 is 5.32 Å². The van der Waals surface area contributed by atoms with Crippen LogP contribution in [0.3, 0.4) is 0 Å². The fourth-order valence-corrected chi connectivity index (χ4v) is 3.32. The SMILES string of the molecule is c1csc(CN2CCC3CCC2CN3)n1. The van der Waals surface area contributed by atoms with E-state index in [4.69, 9.17) is 0 Å². The second-order valence-corrected chi connectivity index (χ2v) is 5.50. The van der Waals surface area contributed by atoms with Crippen LogP contribution in [0.1, 0.15) is 24.3 Å². The summed E-state index contributed by atoms with van der Waals surface area (Å²) in [5, 5.41) is 6.97. The van der Waals surface area contributed by atoms with Gasteiger partial charge in [-0.1, -0.05) is 0 Å². The highest BCUT2D eigenvalue weighted by Gasteiger charge is 2.30. The number of hydrogen-bond acceptors (Lipinski definition) is 4. The Labute approximate surface area is 94.5 Å². The first-order chi connectivity index (χ1) is 7.42. The van der Waals surface area contributed by atoms with Gasteiger partial charge in [0.15, 0.2) is 0 Å². The summed E-state index contributed by atoms with van der Waals surface area (Å²) in [5.74, 6) is 0. The van der Waals surface area contributed by atoms with Crippen molar-refractivity contribution in [3.8, 4) is 0 Å². The standard InChI is InChI=1S/C11H17N3S/c1-2-10-7-13-9(1)3-5-14(10)8-11-12-4-6-15-11/h4,6,9-10,13H,1-3,5,7-8H2. The Hall–Kier alpha value is -0.450. The van der Waals surface area contributed by atoms with Gasteiger partial charge in [0.25, 0.3) is 0 Å². The van der Waals surface area contributed by atoms with Crippen molar-refractivity contribution in [1.82, 2.24) is 15.2 Å². The smallest absolute Gasteiger partial charge is 0.107 e. The summed E-state index contributed by atoms with van der Waals surface area (Å²) in [5.41, 5.74) is 0. The predicted molar refractivity (Wildman–Crippen MR) is 62.0 cm³/mol. The van der Waals surface area contributed by atoms with Crippen LogP contribution in [0, 0.1) is 0 Å². The molecular weight excluding hydrogens is 206 g/mol. The summed E-state index contributed by atoms with van der Waals surface area (Å²) >= 11 is 1.78. The van der Waals surface area contributed by atoms with Crippen LogP contribution in [0.25, 0.3) is 0 Å². The monoisotopic (exact) mass is 223 g/mol. The Morgan fingerprint density at radius 3 is 3.20 bits per heavy atom. The molecule has 1 N–H and O–H groups in total. The fraction of sp³-hybridized carbons (Fsp3) is 0.727. The molecule has 4 heterocycles. The maximum Gasteiger partial charge on any atom is 0.107 e. The topological polar surface area (TPSA) is 28.2 Å². The molecule has 4 heteroatoms. The van der Waals surface area contributed by atoms with Crippen LogP contribution in [0.4, 0.5) is 0 Å². The van der Waals surface area contributed by atoms with Crippen LogP contribution in [0.2, 0.25) is 0 Å². The van der Waals surface area contributed by atoms with E-state index < -0.39 is 0 Å². The minimum Gasteiger partial charge on any atom is -0.312 e. The van der Waals surface area contributed by atoms with Gasteiger partial charge in [-0.05, 0) is 19.3 Å². The van der Waals surface area contributed by atoms with Crippen LogP contribution >= 0.6 is 11.3 Å². The summed E-state index contributed by atoms with van der Waals surface area (Å²) in [6.45, 7) is 3.47. The van der Waals surface area contributed by atoms with Crippen LogP contribution in [-0.4, -0.2) is 35.1 Å². The summed E-state index contributed by atoms with van der Waals surface area (Å²) in [6.07, 6.45) is 5.94. The lowest BCUT2D eigenvalue weighted by Gasteiger charge is -2.30. The lowest BCUT2D eigenvalue weighted by Crippen LogP contribution is -2.44. The molecule has 2 bridgehead atoms. The van der Waals surface area contributed by atoms with Gasteiger partial charge < -0.3 is 5.32 Å². The second-order valence-electron chi connectivity index (χ2n) is 4.52. The number of fused-ring (bicyclic) bond motifs is 4. The van der Waals surface area contributed by atoms with Crippen LogP contribution in [0.15, 0.2) is 11.6 Å². The molecule has 3 aliphatic heterocycles. The van der Waals surface area contributed by atoms with Gasteiger partial charge in [0, 0.05) is 36.8 Å². The molecule has 3 fully saturated rings. The molecule has 2 unspecified atom stereocenters. The zero-order valence-electron chi connectivity index (χ0n) is 8.85. The molecule has 4 rings (SSSR count). The molecule has 0 radical (unpaired) electrons. The summed E-state index contributed by atoms with van der Waals surface area (Å²) in [7, 11) is 0. The summed E-state index contributed by atoms with van der Waals surface area (Å²) in [6, 6.07) is 1.52. The van der Waals surface area contributed by atoms with Gasteiger partial charge >= 0.3 is 0 Å². The van der Waals surface area contributed by atoms with Gasteiger partial charge in [-0.25, -0.2) is 4.98 Å². The van der Waals surface area contributed by atoms with E-state index in [0.29, 0.717) is 0 Å². The lowest BCUT2D eigenvalue weighted by atomic mass is 10.0. The largest absolute Gasteiger partial charge is 0.312 e. The van der Waals surface area contributed by atoms with Crippen molar-refractivity contribution in [3.63, 3.8) is 0 Å². The van der Waals surface area contributed by atoms with Crippen molar-refractivity contribution in [2.24, 2.45) is 0 Å². The van der Waals surface area contributed by atoms with Gasteiger partial charge in [-0.2, -0.15) is 0 Å². The quantitative estimate of drug-likeness (QED) is 0.823. The first kappa shape index (κ1) is 9.75. The van der Waals surface area contributed by atoms with E-state index in [2.05, 4.69) is 20.6 Å². The third-order valence-electron chi connectivity index (χ3n) is 3.59. The Morgan fingerprint density at radius 2 is 2.47 bits per heavy atom. The molecule has 0 amide bonds. The Bertz CT molecular complexity index is 304. The molecule has 15 heavy (non-hydrogen) atoms. The van der Waals surface area contributed by atoms with E-state index >= 15 is 0 Å². The molecule has 3 nitrogen and oxygen atoms in total. The van der Waals surface area contributed by atoms with Crippen molar-refractivity contribution in [3.05, 3.63) is 16.6 Å². The van der Waals surface area contributed by atoms with E-state index in [9.17, 15) is 0 Å². The molecular formula is C11H17N3S. The van der Waals surface area contributed by atoms with Gasteiger partial charge in [0.1, 0.15) is 5.01 Å². The summed E-state index contributed by atoms with van der Waals surface area (Å²) in [4.78, 5) is 6.99. The van der Waals surface area contributed by atoms with E-state index in [1.165, 1.54) is 37.4 Å². The first-order valence-corrected chi connectivity index (χ1v) is 6.65. The van der Waals surface area contributed by atoms with Gasteiger partial charge in [0.05, 0.1) is 6.54 Å². The highest BCUT2D eigenvalue weighted by molar-refractivity contribution is 7.09. The number of nitrogens with zero attached hydrogens (tertiary/aromatic N) is 2. The number of aromatic nitrogens is 1. The third kappa shape index (κ3) is 2.07. The van der Waals surface area contributed by atoms with E-state index in [-0.39, 0.29) is 0 Å². The molecule has 82 valence electrons. The number of piperidine rings is 1. The van der Waals surface area contributed by atoms with E-state index in [0.717, 1.165) is 18.6 Å². The van der Waals surface area contributed by atoms with Crippen molar-refractivity contribution < 1.29 is 0 Å². The second kappa shape index (κ2) is 4.20. The Balaban J connectivity index is 1.70. The van der Waals surface area contributed by atoms with Crippen molar-refractivity contribution >= 4 is 11.3 Å². The maximum absolute atomic E-state index is 4.38. The number of nitrogens with one attached hydrogen (secondary N) is 1. The molecule has 0 aromatic carbocycles. The lowest BCUT2D eigenvalue weighted by molar-refractivity contribution is 0.188. The third-order valence-corrected chi connectivity index (χ3v) is 4.36. The maximum atomic E-state index is 4.38. The van der Waals surface area contributed by atoms with Crippen LogP contribution in [0.5, 0.6) is 0 Å². The first-order valence-electron chi connectivity index (χ1n) is 5.77. The molecule has 0 saturated carbocycles. The minimum absolute atomic E-state index is 0.743. The van der Waals surface area contributed by atoms with Crippen molar-refractivity contribution in [2.75, 3.05) is 13.1 Å². The Kier molecular flexibility index (Phi) is 2.73. The van der Waals surface area contributed by atoms with E-state index in [1.807, 2.05) is 6.20 Å². The average Bonchev–Trinajstić information content (AvgIpc) is 2.63.